The maximum atomic E-state index is 13.0. The molecule has 3 atom stereocenters. The Kier molecular flexibility index (Phi) is 9.67. The third kappa shape index (κ3) is 7.35. The maximum absolute atomic E-state index is 13.0. The molecular weight excluding hydrogens is 410 g/mol. The number of carbonyl (C=O) groups excluding carboxylic acids is 2. The Morgan fingerprint density at radius 1 is 1.06 bits per heavy atom. The lowest BCUT2D eigenvalue weighted by Crippen LogP contribution is -2.55. The SMILES string of the molecule is CC(C)CC(N)C(=O)NC(CCCCN)C(=O)NC(Cc1c[nH]c2ccccc12)C(=O)O. The molecule has 1 aromatic heterocycles. The van der Waals surface area contributed by atoms with Crippen LogP contribution in [-0.2, 0) is 20.8 Å². The first-order chi connectivity index (χ1) is 15.2. The summed E-state index contributed by atoms with van der Waals surface area (Å²) in [4.78, 5) is 40.4. The number of aromatic amines is 1. The van der Waals surface area contributed by atoms with E-state index < -0.39 is 35.9 Å². The molecule has 0 saturated heterocycles. The zero-order valence-corrected chi connectivity index (χ0v) is 18.8. The number of aromatic nitrogens is 1. The molecule has 8 N–H and O–H groups in total. The molecule has 0 radical (unpaired) electrons. The summed E-state index contributed by atoms with van der Waals surface area (Å²) < 4.78 is 0. The third-order valence-electron chi connectivity index (χ3n) is 5.36. The Bertz CT molecular complexity index is 911. The highest BCUT2D eigenvalue weighted by atomic mass is 16.4. The highest BCUT2D eigenvalue weighted by Crippen LogP contribution is 2.19. The molecule has 0 aliphatic carbocycles. The molecule has 0 spiro atoms. The van der Waals surface area contributed by atoms with Crippen LogP contribution in [0, 0.1) is 5.92 Å². The van der Waals surface area contributed by atoms with Crippen molar-refractivity contribution in [2.24, 2.45) is 17.4 Å². The first kappa shape index (κ1) is 25.4. The second-order valence-electron chi connectivity index (χ2n) is 8.54. The van der Waals surface area contributed by atoms with Gasteiger partial charge in [-0.3, -0.25) is 9.59 Å². The number of benzene rings is 1. The fourth-order valence-corrected chi connectivity index (χ4v) is 3.65. The van der Waals surface area contributed by atoms with Crippen LogP contribution >= 0.6 is 0 Å². The minimum absolute atomic E-state index is 0.113. The van der Waals surface area contributed by atoms with E-state index in [4.69, 9.17) is 11.5 Å². The van der Waals surface area contributed by atoms with Crippen LogP contribution in [0.2, 0.25) is 0 Å². The first-order valence-electron chi connectivity index (χ1n) is 11.1. The predicted molar refractivity (Wildman–Crippen MR) is 124 cm³/mol. The quantitative estimate of drug-likeness (QED) is 0.254. The van der Waals surface area contributed by atoms with E-state index in [0.29, 0.717) is 32.2 Å². The average Bonchev–Trinajstić information content (AvgIpc) is 3.14. The summed E-state index contributed by atoms with van der Waals surface area (Å²) in [6.07, 6.45) is 4.01. The number of H-pyrrole nitrogens is 1. The van der Waals surface area contributed by atoms with Crippen molar-refractivity contribution >= 4 is 28.7 Å². The van der Waals surface area contributed by atoms with E-state index in [9.17, 15) is 19.5 Å². The lowest BCUT2D eigenvalue weighted by molar-refractivity contribution is -0.142. The van der Waals surface area contributed by atoms with Crippen molar-refractivity contribution in [3.8, 4) is 0 Å². The molecule has 0 aliphatic heterocycles. The summed E-state index contributed by atoms with van der Waals surface area (Å²) in [7, 11) is 0. The molecule has 9 nitrogen and oxygen atoms in total. The van der Waals surface area contributed by atoms with Crippen LogP contribution in [0.25, 0.3) is 10.9 Å². The zero-order chi connectivity index (χ0) is 23.7. The molecule has 176 valence electrons. The molecule has 2 amide bonds. The summed E-state index contributed by atoms with van der Waals surface area (Å²) in [5, 5.41) is 15.9. The number of para-hydroxylation sites is 1. The van der Waals surface area contributed by atoms with Gasteiger partial charge in [-0.2, -0.15) is 0 Å². The van der Waals surface area contributed by atoms with E-state index in [-0.39, 0.29) is 12.3 Å². The van der Waals surface area contributed by atoms with Gasteiger partial charge in [0.1, 0.15) is 12.1 Å². The molecule has 32 heavy (non-hydrogen) atoms. The standard InChI is InChI=1S/C23H35N5O4/c1-14(2)11-17(25)21(29)27-19(9-5-6-10-24)22(30)28-20(23(31)32)12-15-13-26-18-8-4-3-7-16(15)18/h3-4,7-8,13-14,17,19-20,26H,5-6,9-12,24-25H2,1-2H3,(H,27,29)(H,28,30)(H,31,32). The number of unbranched alkanes of at least 4 members (excludes halogenated alkanes) is 1. The topological polar surface area (TPSA) is 163 Å². The van der Waals surface area contributed by atoms with Crippen molar-refractivity contribution in [2.75, 3.05) is 6.54 Å². The number of hydrogen-bond donors (Lipinski definition) is 6. The summed E-state index contributed by atoms with van der Waals surface area (Å²) in [6, 6.07) is 4.80. The number of hydrogen-bond acceptors (Lipinski definition) is 5. The van der Waals surface area contributed by atoms with Crippen LogP contribution in [0.3, 0.4) is 0 Å². The van der Waals surface area contributed by atoms with Gasteiger partial charge in [0.15, 0.2) is 0 Å². The molecule has 3 unspecified atom stereocenters. The maximum Gasteiger partial charge on any atom is 0.326 e. The van der Waals surface area contributed by atoms with Gasteiger partial charge in [0.2, 0.25) is 11.8 Å². The minimum Gasteiger partial charge on any atom is -0.480 e. The second kappa shape index (κ2) is 12.2. The smallest absolute Gasteiger partial charge is 0.326 e. The van der Waals surface area contributed by atoms with Gasteiger partial charge < -0.3 is 32.2 Å². The highest BCUT2D eigenvalue weighted by Gasteiger charge is 2.28. The molecule has 1 heterocycles. The number of nitrogens with one attached hydrogen (secondary N) is 3. The molecule has 0 saturated carbocycles. The van der Waals surface area contributed by atoms with Crippen molar-refractivity contribution in [1.29, 1.82) is 0 Å². The van der Waals surface area contributed by atoms with Crippen molar-refractivity contribution < 1.29 is 19.5 Å². The Labute approximate surface area is 188 Å². The van der Waals surface area contributed by atoms with Gasteiger partial charge in [-0.1, -0.05) is 32.0 Å². The first-order valence-corrected chi connectivity index (χ1v) is 11.1. The third-order valence-corrected chi connectivity index (χ3v) is 5.36. The van der Waals surface area contributed by atoms with Crippen LogP contribution in [0.5, 0.6) is 0 Å². The van der Waals surface area contributed by atoms with E-state index >= 15 is 0 Å². The zero-order valence-electron chi connectivity index (χ0n) is 18.8. The molecule has 0 fully saturated rings. The second-order valence-corrected chi connectivity index (χ2v) is 8.54. The summed E-state index contributed by atoms with van der Waals surface area (Å²) >= 11 is 0. The van der Waals surface area contributed by atoms with Gasteiger partial charge in [0, 0.05) is 23.5 Å². The van der Waals surface area contributed by atoms with Crippen LogP contribution in [0.15, 0.2) is 30.5 Å². The fraction of sp³-hybridized carbons (Fsp3) is 0.522. The van der Waals surface area contributed by atoms with E-state index in [0.717, 1.165) is 16.5 Å². The molecule has 1 aromatic carbocycles. The number of fused-ring (bicyclic) bond motifs is 1. The van der Waals surface area contributed by atoms with E-state index in [1.54, 1.807) is 6.20 Å². The molecular formula is C23H35N5O4. The largest absolute Gasteiger partial charge is 0.480 e. The normalized spacial score (nSPS) is 14.2. The monoisotopic (exact) mass is 445 g/mol. The van der Waals surface area contributed by atoms with Crippen molar-refractivity contribution in [3.05, 3.63) is 36.0 Å². The van der Waals surface area contributed by atoms with Crippen LogP contribution in [0.1, 0.15) is 45.1 Å². The molecule has 2 aromatic rings. The molecule has 0 bridgehead atoms. The number of rotatable bonds is 13. The van der Waals surface area contributed by atoms with Crippen LogP contribution in [0.4, 0.5) is 0 Å². The van der Waals surface area contributed by atoms with E-state index in [2.05, 4.69) is 15.6 Å². The van der Waals surface area contributed by atoms with Crippen molar-refractivity contribution in [2.45, 2.75) is 64.1 Å². The van der Waals surface area contributed by atoms with Gasteiger partial charge in [-0.15, -0.1) is 0 Å². The summed E-state index contributed by atoms with van der Waals surface area (Å²) in [5.41, 5.74) is 13.2. The van der Waals surface area contributed by atoms with Gasteiger partial charge >= 0.3 is 5.97 Å². The number of aliphatic carboxylic acids is 1. The van der Waals surface area contributed by atoms with E-state index in [1.165, 1.54) is 0 Å². The van der Waals surface area contributed by atoms with E-state index in [1.807, 2.05) is 38.1 Å². The van der Waals surface area contributed by atoms with Gasteiger partial charge in [-0.25, -0.2) is 4.79 Å². The lowest BCUT2D eigenvalue weighted by Gasteiger charge is -2.23. The summed E-state index contributed by atoms with van der Waals surface area (Å²) in [5.74, 6) is -1.88. The predicted octanol–water partition coefficient (Wildman–Crippen LogP) is 1.27. The number of carbonyl (C=O) groups is 3. The van der Waals surface area contributed by atoms with Crippen LogP contribution < -0.4 is 22.1 Å². The Balaban J connectivity index is 2.11. The van der Waals surface area contributed by atoms with Gasteiger partial charge in [0.25, 0.3) is 0 Å². The Hall–Kier alpha value is -2.91. The number of carboxylic acids is 1. The van der Waals surface area contributed by atoms with Crippen molar-refractivity contribution in [3.63, 3.8) is 0 Å². The minimum atomic E-state index is -1.15. The number of nitrogens with two attached hydrogens (primary N) is 2. The fourth-order valence-electron chi connectivity index (χ4n) is 3.65. The van der Waals surface area contributed by atoms with Gasteiger partial charge in [0.05, 0.1) is 6.04 Å². The Morgan fingerprint density at radius 3 is 2.41 bits per heavy atom. The average molecular weight is 446 g/mol. The van der Waals surface area contributed by atoms with Crippen molar-refractivity contribution in [1.82, 2.24) is 15.6 Å². The van der Waals surface area contributed by atoms with Gasteiger partial charge in [-0.05, 0) is 49.8 Å². The highest BCUT2D eigenvalue weighted by molar-refractivity contribution is 5.92. The number of carboxylic acid groups (broad SMARTS) is 1. The molecule has 0 aliphatic rings. The summed E-state index contributed by atoms with van der Waals surface area (Å²) in [6.45, 7) is 4.38. The molecule has 9 heteroatoms. The van der Waals surface area contributed by atoms with Crippen LogP contribution in [-0.4, -0.2) is 52.5 Å². The molecule has 2 rings (SSSR count). The lowest BCUT2D eigenvalue weighted by atomic mass is 10.0. The number of amides is 2. The Morgan fingerprint density at radius 2 is 1.75 bits per heavy atom.